The van der Waals surface area contributed by atoms with Crippen LogP contribution in [-0.2, 0) is 19.0 Å². The predicted octanol–water partition coefficient (Wildman–Crippen LogP) is 1.23. The smallest absolute Gasteiger partial charge is 0.162 e. The van der Waals surface area contributed by atoms with Crippen LogP contribution in [0.25, 0.3) is 0 Å². The Morgan fingerprint density at radius 3 is 2.00 bits per heavy atom. The van der Waals surface area contributed by atoms with Gasteiger partial charge in [-0.3, -0.25) is 4.79 Å². The first-order valence-corrected chi connectivity index (χ1v) is 6.69. The second-order valence-corrected chi connectivity index (χ2v) is 5.93. The Kier molecular flexibility index (Phi) is 7.27. The number of carbonyl (C=O) groups is 1. The van der Waals surface area contributed by atoms with E-state index in [0.717, 1.165) is 0 Å². The average Bonchev–Trinajstić information content (AvgIpc) is 2.57. The minimum absolute atomic E-state index is 0.0585. The number of rotatable bonds is 4. The number of aliphatic hydroxyl groups is 2. The van der Waals surface area contributed by atoms with Gasteiger partial charge in [0.25, 0.3) is 0 Å². The molecular formula is C14H28O6. The van der Waals surface area contributed by atoms with E-state index in [0.29, 0.717) is 6.42 Å². The Bertz CT molecular complexity index is 301. The Balaban J connectivity index is 0.000000621. The van der Waals surface area contributed by atoms with Crippen molar-refractivity contribution in [1.82, 2.24) is 0 Å². The van der Waals surface area contributed by atoms with E-state index in [1.807, 2.05) is 20.8 Å². The molecule has 3 unspecified atom stereocenters. The molecule has 0 aromatic carbocycles. The third-order valence-electron chi connectivity index (χ3n) is 2.73. The van der Waals surface area contributed by atoms with Crippen molar-refractivity contribution in [2.45, 2.75) is 77.8 Å². The van der Waals surface area contributed by atoms with Crippen LogP contribution >= 0.6 is 0 Å². The van der Waals surface area contributed by atoms with Gasteiger partial charge in [-0.1, -0.05) is 0 Å². The van der Waals surface area contributed by atoms with Crippen molar-refractivity contribution in [2.24, 2.45) is 0 Å². The van der Waals surface area contributed by atoms with Crippen LogP contribution in [0, 0.1) is 0 Å². The molecule has 0 radical (unpaired) electrons. The molecule has 120 valence electrons. The zero-order valence-electron chi connectivity index (χ0n) is 13.5. The molecule has 1 saturated heterocycles. The highest BCUT2D eigenvalue weighted by Crippen LogP contribution is 2.27. The van der Waals surface area contributed by atoms with E-state index in [2.05, 4.69) is 0 Å². The molecule has 0 bridgehead atoms. The largest absolute Gasteiger partial charge is 0.366 e. The van der Waals surface area contributed by atoms with E-state index in [1.165, 1.54) is 13.8 Å². The second-order valence-electron chi connectivity index (χ2n) is 5.93. The number of hydrogen-bond donors (Lipinski definition) is 2. The minimum atomic E-state index is -1.50. The fraction of sp³-hybridized carbons (Fsp3) is 0.929. The molecule has 6 nitrogen and oxygen atoms in total. The molecule has 20 heavy (non-hydrogen) atoms. The molecule has 0 aromatic heterocycles. The van der Waals surface area contributed by atoms with E-state index in [9.17, 15) is 4.79 Å². The lowest BCUT2D eigenvalue weighted by atomic mass is 10.1. The first kappa shape index (κ1) is 19.5. The molecule has 1 aliphatic rings. The molecular weight excluding hydrogens is 264 g/mol. The molecule has 1 fully saturated rings. The molecule has 0 aromatic rings. The summed E-state index contributed by atoms with van der Waals surface area (Å²) in [5.74, 6) is -2.07. The number of ketones is 1. The van der Waals surface area contributed by atoms with Gasteiger partial charge in [-0.05, 0) is 41.5 Å². The molecule has 3 atom stereocenters. The van der Waals surface area contributed by atoms with Crippen LogP contribution in [0.1, 0.15) is 48.0 Å². The Hall–Kier alpha value is -0.530. The highest BCUT2D eigenvalue weighted by atomic mass is 16.7. The van der Waals surface area contributed by atoms with E-state index >= 15 is 0 Å². The molecule has 1 aliphatic heterocycles. The van der Waals surface area contributed by atoms with Crippen LogP contribution in [0.3, 0.4) is 0 Å². The van der Waals surface area contributed by atoms with Gasteiger partial charge in [-0.15, -0.1) is 0 Å². The van der Waals surface area contributed by atoms with Crippen molar-refractivity contribution in [3.63, 3.8) is 0 Å². The van der Waals surface area contributed by atoms with Gasteiger partial charge in [0.1, 0.15) is 6.10 Å². The van der Waals surface area contributed by atoms with Gasteiger partial charge in [-0.25, -0.2) is 0 Å². The van der Waals surface area contributed by atoms with Gasteiger partial charge < -0.3 is 24.4 Å². The van der Waals surface area contributed by atoms with Crippen LogP contribution in [0.2, 0.25) is 0 Å². The number of Topliss-reactive ketones (excluding diaryl/α,β-unsaturated/α-hetero) is 1. The number of carbonyl (C=O) groups excluding carboxylic acids is 1. The topological polar surface area (TPSA) is 85.2 Å². The van der Waals surface area contributed by atoms with E-state index in [4.69, 9.17) is 24.4 Å². The van der Waals surface area contributed by atoms with Crippen molar-refractivity contribution in [3.8, 4) is 0 Å². The van der Waals surface area contributed by atoms with Crippen LogP contribution in [0.4, 0.5) is 0 Å². The lowest BCUT2D eigenvalue weighted by molar-refractivity contribution is -0.229. The summed E-state index contributed by atoms with van der Waals surface area (Å²) < 4.78 is 16.4. The van der Waals surface area contributed by atoms with Crippen molar-refractivity contribution < 1.29 is 29.2 Å². The summed E-state index contributed by atoms with van der Waals surface area (Å²) in [4.78, 5) is 11.2. The summed E-state index contributed by atoms with van der Waals surface area (Å²) in [7, 11) is 1.60. The quantitative estimate of drug-likeness (QED) is 0.758. The SMILES string of the molecule is CC(C)(O)O.COC(C)(C)OC1CC(C(C)=O)OC1C. The summed E-state index contributed by atoms with van der Waals surface area (Å²) in [6.45, 7) is 9.75. The average molecular weight is 292 g/mol. The lowest BCUT2D eigenvalue weighted by Gasteiger charge is -2.28. The summed E-state index contributed by atoms with van der Waals surface area (Å²) in [5.41, 5.74) is 0. The highest BCUT2D eigenvalue weighted by molar-refractivity contribution is 5.80. The molecule has 0 saturated carbocycles. The zero-order chi connectivity index (χ0) is 16.1. The molecule has 6 heteroatoms. The van der Waals surface area contributed by atoms with Crippen molar-refractivity contribution >= 4 is 5.78 Å². The minimum Gasteiger partial charge on any atom is -0.366 e. The van der Waals surface area contributed by atoms with Crippen LogP contribution in [0.15, 0.2) is 0 Å². The van der Waals surface area contributed by atoms with Crippen molar-refractivity contribution in [2.75, 3.05) is 7.11 Å². The van der Waals surface area contributed by atoms with E-state index in [1.54, 1.807) is 14.0 Å². The van der Waals surface area contributed by atoms with E-state index in [-0.39, 0.29) is 24.1 Å². The Morgan fingerprint density at radius 1 is 1.25 bits per heavy atom. The third kappa shape index (κ3) is 8.60. The summed E-state index contributed by atoms with van der Waals surface area (Å²) >= 11 is 0. The maximum absolute atomic E-state index is 11.2. The van der Waals surface area contributed by atoms with Gasteiger partial charge >= 0.3 is 0 Å². The molecule has 0 aliphatic carbocycles. The maximum atomic E-state index is 11.2. The summed E-state index contributed by atoms with van der Waals surface area (Å²) in [5, 5.41) is 16.2. The van der Waals surface area contributed by atoms with Gasteiger partial charge in [-0.2, -0.15) is 0 Å². The lowest BCUT2D eigenvalue weighted by Crippen LogP contribution is -2.35. The first-order chi connectivity index (χ1) is 8.85. The molecule has 1 heterocycles. The zero-order valence-corrected chi connectivity index (χ0v) is 13.5. The van der Waals surface area contributed by atoms with Crippen LogP contribution in [0.5, 0.6) is 0 Å². The summed E-state index contributed by atoms with van der Waals surface area (Å²) in [6, 6.07) is 0. The van der Waals surface area contributed by atoms with Crippen molar-refractivity contribution in [3.05, 3.63) is 0 Å². The fourth-order valence-corrected chi connectivity index (χ4v) is 1.62. The predicted molar refractivity (Wildman–Crippen MR) is 74.1 cm³/mol. The van der Waals surface area contributed by atoms with Crippen LogP contribution in [-0.4, -0.2) is 53.0 Å². The fourth-order valence-electron chi connectivity index (χ4n) is 1.62. The van der Waals surface area contributed by atoms with Crippen LogP contribution < -0.4 is 0 Å². The maximum Gasteiger partial charge on any atom is 0.162 e. The van der Waals surface area contributed by atoms with Gasteiger partial charge in [0, 0.05) is 13.5 Å². The number of methoxy groups -OCH3 is 1. The second kappa shape index (κ2) is 7.47. The molecule has 0 spiro atoms. The first-order valence-electron chi connectivity index (χ1n) is 6.69. The monoisotopic (exact) mass is 292 g/mol. The third-order valence-corrected chi connectivity index (χ3v) is 2.73. The summed E-state index contributed by atoms with van der Waals surface area (Å²) in [6.07, 6.45) is 0.156. The number of hydrogen-bond acceptors (Lipinski definition) is 6. The Labute approximate surface area is 121 Å². The normalized spacial score (nSPS) is 26.9. The molecule has 1 rings (SSSR count). The standard InChI is InChI=1S/C11H20O4.C3H8O2/c1-7(12)9-6-10(8(2)14-9)15-11(3,4)13-5;1-3(2,4)5/h8-10H,6H2,1-5H3;4-5H,1-2H3. The number of ether oxygens (including phenoxy) is 3. The molecule has 0 amide bonds. The van der Waals surface area contributed by atoms with Gasteiger partial charge in [0.2, 0.25) is 0 Å². The van der Waals surface area contributed by atoms with E-state index < -0.39 is 11.6 Å². The van der Waals surface area contributed by atoms with Gasteiger partial charge in [0.05, 0.1) is 12.2 Å². The van der Waals surface area contributed by atoms with Gasteiger partial charge in [0.15, 0.2) is 17.4 Å². The Morgan fingerprint density at radius 2 is 1.70 bits per heavy atom. The highest BCUT2D eigenvalue weighted by Gasteiger charge is 2.38. The van der Waals surface area contributed by atoms with Crippen molar-refractivity contribution in [1.29, 1.82) is 0 Å². The molecule has 2 N–H and O–H groups in total.